The Hall–Kier alpha value is -3.75. The lowest BCUT2D eigenvalue weighted by Crippen LogP contribution is -2.23. The Morgan fingerprint density at radius 3 is 2.66 bits per heavy atom. The average Bonchev–Trinajstić information content (AvgIpc) is 3.27. The fourth-order valence-corrected chi connectivity index (χ4v) is 3.22. The number of carbonyl (C=O) groups excluding carboxylic acids is 1. The number of hydrogen-bond donors (Lipinski definition) is 1. The number of halogens is 1. The van der Waals surface area contributed by atoms with Gasteiger partial charge in [0.2, 0.25) is 0 Å². The minimum Gasteiger partial charge on any atom is -0.347 e. The second kappa shape index (κ2) is 7.34. The van der Waals surface area contributed by atoms with Crippen molar-refractivity contribution in [2.75, 3.05) is 0 Å². The molecule has 4 rings (SSSR count). The molecule has 1 amide bonds. The topological polar surface area (TPSA) is 86.7 Å². The SMILES string of the molecule is Cn1c(=O)n(C)c2cc(CNC(=O)c3cn(Cc4ccccc4F)nn3)ccc21. The van der Waals surface area contributed by atoms with Gasteiger partial charge in [0.25, 0.3) is 5.91 Å². The fraction of sp³-hybridized carbons (Fsp3) is 0.200. The third-order valence-electron chi connectivity index (χ3n) is 4.85. The monoisotopic (exact) mass is 394 g/mol. The number of fused-ring (bicyclic) bond motifs is 1. The van der Waals surface area contributed by atoms with E-state index in [0.717, 1.165) is 16.6 Å². The van der Waals surface area contributed by atoms with Gasteiger partial charge in [0.15, 0.2) is 5.69 Å². The molecule has 0 unspecified atom stereocenters. The van der Waals surface area contributed by atoms with Crippen molar-refractivity contribution in [3.8, 4) is 0 Å². The number of amides is 1. The van der Waals surface area contributed by atoms with Crippen molar-refractivity contribution in [2.45, 2.75) is 13.1 Å². The third-order valence-corrected chi connectivity index (χ3v) is 4.85. The van der Waals surface area contributed by atoms with Gasteiger partial charge in [-0.3, -0.25) is 13.9 Å². The maximum atomic E-state index is 13.8. The number of hydrogen-bond acceptors (Lipinski definition) is 4. The summed E-state index contributed by atoms with van der Waals surface area (Å²) in [6.45, 7) is 0.462. The van der Waals surface area contributed by atoms with Gasteiger partial charge >= 0.3 is 5.69 Å². The molecule has 0 fully saturated rings. The number of rotatable bonds is 5. The predicted octanol–water partition coefficient (Wildman–Crippen LogP) is 1.59. The highest BCUT2D eigenvalue weighted by atomic mass is 19.1. The smallest absolute Gasteiger partial charge is 0.328 e. The number of benzene rings is 2. The van der Waals surface area contributed by atoms with E-state index in [9.17, 15) is 14.0 Å². The molecule has 2 aromatic heterocycles. The maximum absolute atomic E-state index is 13.8. The van der Waals surface area contributed by atoms with Crippen molar-refractivity contribution < 1.29 is 9.18 Å². The van der Waals surface area contributed by atoms with Crippen LogP contribution in [0.5, 0.6) is 0 Å². The molecule has 0 bridgehead atoms. The van der Waals surface area contributed by atoms with Crippen molar-refractivity contribution in [3.63, 3.8) is 0 Å². The Kier molecular flexibility index (Phi) is 4.71. The molecule has 0 saturated carbocycles. The first-order valence-corrected chi connectivity index (χ1v) is 9.00. The summed E-state index contributed by atoms with van der Waals surface area (Å²) in [5.41, 5.74) is 2.97. The number of nitrogens with one attached hydrogen (secondary N) is 1. The summed E-state index contributed by atoms with van der Waals surface area (Å²) in [7, 11) is 3.43. The first-order valence-electron chi connectivity index (χ1n) is 9.00. The maximum Gasteiger partial charge on any atom is 0.328 e. The summed E-state index contributed by atoms with van der Waals surface area (Å²) in [6, 6.07) is 12.0. The van der Waals surface area contributed by atoms with Crippen LogP contribution in [0.25, 0.3) is 11.0 Å². The summed E-state index contributed by atoms with van der Waals surface area (Å²) in [5, 5.41) is 10.5. The average molecular weight is 394 g/mol. The van der Waals surface area contributed by atoms with Crippen LogP contribution in [-0.4, -0.2) is 30.0 Å². The molecule has 0 atom stereocenters. The van der Waals surface area contributed by atoms with Crippen LogP contribution in [0.3, 0.4) is 0 Å². The fourth-order valence-electron chi connectivity index (χ4n) is 3.22. The normalized spacial score (nSPS) is 11.1. The predicted molar refractivity (Wildman–Crippen MR) is 105 cm³/mol. The van der Waals surface area contributed by atoms with Crippen LogP contribution in [0.1, 0.15) is 21.6 Å². The van der Waals surface area contributed by atoms with E-state index in [1.165, 1.54) is 16.9 Å². The van der Waals surface area contributed by atoms with Gasteiger partial charge in [0.05, 0.1) is 23.8 Å². The molecule has 0 radical (unpaired) electrons. The van der Waals surface area contributed by atoms with Gasteiger partial charge in [-0.05, 0) is 23.8 Å². The van der Waals surface area contributed by atoms with Crippen LogP contribution in [-0.2, 0) is 27.2 Å². The van der Waals surface area contributed by atoms with E-state index in [4.69, 9.17) is 0 Å². The van der Waals surface area contributed by atoms with Crippen LogP contribution in [0.4, 0.5) is 4.39 Å². The lowest BCUT2D eigenvalue weighted by molar-refractivity contribution is 0.0946. The zero-order chi connectivity index (χ0) is 20.5. The van der Waals surface area contributed by atoms with Crippen molar-refractivity contribution >= 4 is 16.9 Å². The van der Waals surface area contributed by atoms with Crippen LogP contribution < -0.4 is 11.0 Å². The minimum atomic E-state index is -0.383. The van der Waals surface area contributed by atoms with Crippen molar-refractivity contribution in [2.24, 2.45) is 14.1 Å². The summed E-state index contributed by atoms with van der Waals surface area (Å²) >= 11 is 0. The number of imidazole rings is 1. The van der Waals surface area contributed by atoms with E-state index in [1.807, 2.05) is 18.2 Å². The lowest BCUT2D eigenvalue weighted by Gasteiger charge is -2.04. The van der Waals surface area contributed by atoms with Crippen LogP contribution in [0.15, 0.2) is 53.5 Å². The first-order chi connectivity index (χ1) is 13.9. The summed E-state index contributed by atoms with van der Waals surface area (Å²) < 4.78 is 18.3. The first kappa shape index (κ1) is 18.6. The molecule has 148 valence electrons. The van der Waals surface area contributed by atoms with Crippen LogP contribution >= 0.6 is 0 Å². The van der Waals surface area contributed by atoms with Gasteiger partial charge in [-0.25, -0.2) is 13.9 Å². The molecule has 29 heavy (non-hydrogen) atoms. The van der Waals surface area contributed by atoms with Crippen LogP contribution in [0.2, 0.25) is 0 Å². The molecule has 0 aliphatic rings. The Bertz CT molecular complexity index is 1270. The Morgan fingerprint density at radius 1 is 1.10 bits per heavy atom. The summed E-state index contributed by atoms with van der Waals surface area (Å²) in [4.78, 5) is 24.4. The molecule has 4 aromatic rings. The molecule has 0 aliphatic carbocycles. The highest BCUT2D eigenvalue weighted by molar-refractivity contribution is 5.91. The molecule has 0 aliphatic heterocycles. The highest BCUT2D eigenvalue weighted by Crippen LogP contribution is 2.14. The summed E-state index contributed by atoms with van der Waals surface area (Å²) in [5.74, 6) is -0.716. The van der Waals surface area contributed by atoms with E-state index >= 15 is 0 Å². The number of aromatic nitrogens is 5. The molecule has 8 nitrogen and oxygen atoms in total. The minimum absolute atomic E-state index is 0.104. The quantitative estimate of drug-likeness (QED) is 0.557. The Labute approximate surface area is 165 Å². The van der Waals surface area contributed by atoms with Gasteiger partial charge in [-0.15, -0.1) is 5.10 Å². The molecule has 2 heterocycles. The number of aryl methyl sites for hydroxylation is 2. The zero-order valence-corrected chi connectivity index (χ0v) is 16.0. The molecule has 9 heteroatoms. The summed E-state index contributed by atoms with van der Waals surface area (Å²) in [6.07, 6.45) is 1.48. The second-order valence-electron chi connectivity index (χ2n) is 6.80. The van der Waals surface area contributed by atoms with E-state index in [1.54, 1.807) is 41.4 Å². The zero-order valence-electron chi connectivity index (χ0n) is 16.0. The number of carbonyl (C=O) groups is 1. The molecular weight excluding hydrogens is 375 g/mol. The standard InChI is InChI=1S/C20H19FN6O2/c1-25-17-8-7-13(9-18(17)26(2)20(25)29)10-22-19(28)16-12-27(24-23-16)11-14-5-3-4-6-15(14)21/h3-9,12H,10-11H2,1-2H3,(H,22,28). The van der Waals surface area contributed by atoms with E-state index < -0.39 is 0 Å². The largest absolute Gasteiger partial charge is 0.347 e. The second-order valence-corrected chi connectivity index (χ2v) is 6.80. The van der Waals surface area contributed by atoms with Gasteiger partial charge in [0, 0.05) is 26.2 Å². The Balaban J connectivity index is 1.44. The molecular formula is C20H19FN6O2. The molecule has 0 saturated heterocycles. The van der Waals surface area contributed by atoms with E-state index in [2.05, 4.69) is 15.6 Å². The number of nitrogens with zero attached hydrogens (tertiary/aromatic N) is 5. The van der Waals surface area contributed by atoms with Gasteiger partial charge < -0.3 is 5.32 Å². The van der Waals surface area contributed by atoms with Crippen molar-refractivity contribution in [1.82, 2.24) is 29.4 Å². The van der Waals surface area contributed by atoms with Gasteiger partial charge in [0.1, 0.15) is 5.82 Å². The van der Waals surface area contributed by atoms with Crippen LogP contribution in [0, 0.1) is 5.82 Å². The molecule has 2 aromatic carbocycles. The third kappa shape index (κ3) is 3.54. The van der Waals surface area contributed by atoms with Crippen molar-refractivity contribution in [3.05, 3.63) is 81.8 Å². The van der Waals surface area contributed by atoms with Gasteiger partial charge in [-0.2, -0.15) is 0 Å². The van der Waals surface area contributed by atoms with Crippen molar-refractivity contribution in [1.29, 1.82) is 0 Å². The molecule has 1 N–H and O–H groups in total. The highest BCUT2D eigenvalue weighted by Gasteiger charge is 2.13. The Morgan fingerprint density at radius 2 is 1.86 bits per heavy atom. The van der Waals surface area contributed by atoms with Gasteiger partial charge in [-0.1, -0.05) is 29.5 Å². The van der Waals surface area contributed by atoms with E-state index in [0.29, 0.717) is 5.56 Å². The lowest BCUT2D eigenvalue weighted by atomic mass is 10.2. The molecule has 0 spiro atoms. The van der Waals surface area contributed by atoms with E-state index in [-0.39, 0.29) is 36.2 Å².